The van der Waals surface area contributed by atoms with Gasteiger partial charge < -0.3 is 4.74 Å². The molecule has 0 radical (unpaired) electrons. The standard InChI is InChI=1S/C20H18F2O/c1-2-3-14-4-6-15(7-5-14)16-8-9-18-13-19(23-20(21)22)11-10-17(18)12-16/h4-13,20H,2-3H2,1H3. The topological polar surface area (TPSA) is 9.23 Å². The molecule has 3 aromatic carbocycles. The molecule has 23 heavy (non-hydrogen) atoms. The molecule has 0 fully saturated rings. The largest absolute Gasteiger partial charge is 0.435 e. The van der Waals surface area contributed by atoms with E-state index in [1.54, 1.807) is 12.1 Å². The lowest BCUT2D eigenvalue weighted by atomic mass is 9.99. The maximum Gasteiger partial charge on any atom is 0.387 e. The Labute approximate surface area is 134 Å². The van der Waals surface area contributed by atoms with Gasteiger partial charge in [0.15, 0.2) is 0 Å². The molecule has 0 aliphatic carbocycles. The first-order valence-corrected chi connectivity index (χ1v) is 7.73. The summed E-state index contributed by atoms with van der Waals surface area (Å²) in [6.07, 6.45) is 2.23. The summed E-state index contributed by atoms with van der Waals surface area (Å²) in [5.41, 5.74) is 3.61. The summed E-state index contributed by atoms with van der Waals surface area (Å²) in [6, 6.07) is 19.6. The fourth-order valence-electron chi connectivity index (χ4n) is 2.73. The molecule has 0 saturated heterocycles. The first-order chi connectivity index (χ1) is 11.2. The van der Waals surface area contributed by atoms with Crippen LogP contribution in [0.15, 0.2) is 60.7 Å². The lowest BCUT2D eigenvalue weighted by Crippen LogP contribution is -2.01. The summed E-state index contributed by atoms with van der Waals surface area (Å²) < 4.78 is 29.0. The summed E-state index contributed by atoms with van der Waals surface area (Å²) in [6.45, 7) is -0.628. The van der Waals surface area contributed by atoms with Crippen LogP contribution in [0.2, 0.25) is 0 Å². The highest BCUT2D eigenvalue weighted by Gasteiger charge is 2.06. The Kier molecular flexibility index (Phi) is 4.56. The second-order valence-corrected chi connectivity index (χ2v) is 5.55. The van der Waals surface area contributed by atoms with Gasteiger partial charge in [-0.3, -0.25) is 0 Å². The van der Waals surface area contributed by atoms with E-state index < -0.39 is 6.61 Å². The van der Waals surface area contributed by atoms with E-state index in [1.165, 1.54) is 5.56 Å². The Balaban J connectivity index is 1.90. The molecule has 0 atom stereocenters. The van der Waals surface area contributed by atoms with Crippen molar-refractivity contribution in [3.8, 4) is 16.9 Å². The van der Waals surface area contributed by atoms with Crippen LogP contribution in [0.5, 0.6) is 5.75 Å². The summed E-state index contributed by atoms with van der Waals surface area (Å²) in [5, 5.41) is 1.89. The minimum absolute atomic E-state index is 0.184. The van der Waals surface area contributed by atoms with Crippen LogP contribution in [-0.4, -0.2) is 6.61 Å². The van der Waals surface area contributed by atoms with Gasteiger partial charge in [0.2, 0.25) is 0 Å². The molecular formula is C20H18F2O. The fraction of sp³-hybridized carbons (Fsp3) is 0.200. The minimum Gasteiger partial charge on any atom is -0.435 e. The zero-order valence-electron chi connectivity index (χ0n) is 12.9. The average Bonchev–Trinajstić information content (AvgIpc) is 2.55. The zero-order valence-corrected chi connectivity index (χ0v) is 12.9. The number of alkyl halides is 2. The highest BCUT2D eigenvalue weighted by Crippen LogP contribution is 2.28. The molecule has 118 valence electrons. The zero-order chi connectivity index (χ0) is 16.2. The van der Waals surface area contributed by atoms with Crippen LogP contribution in [0, 0.1) is 0 Å². The van der Waals surface area contributed by atoms with E-state index in [2.05, 4.69) is 42.0 Å². The van der Waals surface area contributed by atoms with Gasteiger partial charge in [0, 0.05) is 0 Å². The Hall–Kier alpha value is -2.42. The second-order valence-electron chi connectivity index (χ2n) is 5.55. The third-order valence-electron chi connectivity index (χ3n) is 3.86. The number of hydrogen-bond acceptors (Lipinski definition) is 1. The number of fused-ring (bicyclic) bond motifs is 1. The van der Waals surface area contributed by atoms with E-state index >= 15 is 0 Å². The van der Waals surface area contributed by atoms with Gasteiger partial charge in [0.25, 0.3) is 0 Å². The van der Waals surface area contributed by atoms with Crippen molar-refractivity contribution in [2.45, 2.75) is 26.4 Å². The lowest BCUT2D eigenvalue weighted by Gasteiger charge is -2.08. The van der Waals surface area contributed by atoms with Crippen molar-refractivity contribution in [1.29, 1.82) is 0 Å². The molecule has 0 aliphatic heterocycles. The first-order valence-electron chi connectivity index (χ1n) is 7.73. The van der Waals surface area contributed by atoms with Crippen molar-refractivity contribution in [3.63, 3.8) is 0 Å². The molecule has 3 heteroatoms. The van der Waals surface area contributed by atoms with Crippen LogP contribution in [0.25, 0.3) is 21.9 Å². The molecule has 3 rings (SSSR count). The third kappa shape index (κ3) is 3.67. The number of benzene rings is 3. The first kappa shape index (κ1) is 15.5. The molecule has 0 bridgehead atoms. The lowest BCUT2D eigenvalue weighted by molar-refractivity contribution is -0.0497. The maximum absolute atomic E-state index is 12.3. The van der Waals surface area contributed by atoms with Crippen LogP contribution >= 0.6 is 0 Å². The summed E-state index contributed by atoms with van der Waals surface area (Å²) >= 11 is 0. The van der Waals surface area contributed by atoms with Gasteiger partial charge in [0.1, 0.15) is 5.75 Å². The number of aryl methyl sites for hydroxylation is 1. The van der Waals surface area contributed by atoms with Crippen LogP contribution in [-0.2, 0) is 6.42 Å². The van der Waals surface area contributed by atoms with Crippen LogP contribution < -0.4 is 4.74 Å². The number of ether oxygens (including phenoxy) is 1. The Bertz CT molecular complexity index is 794. The van der Waals surface area contributed by atoms with Crippen LogP contribution in [0.4, 0.5) is 8.78 Å². The maximum atomic E-state index is 12.3. The van der Waals surface area contributed by atoms with E-state index in [0.717, 1.165) is 34.7 Å². The Morgan fingerprint density at radius 1 is 0.826 bits per heavy atom. The van der Waals surface area contributed by atoms with Crippen molar-refractivity contribution in [2.24, 2.45) is 0 Å². The summed E-state index contributed by atoms with van der Waals surface area (Å²) in [7, 11) is 0. The molecule has 0 aliphatic rings. The van der Waals surface area contributed by atoms with Crippen LogP contribution in [0.1, 0.15) is 18.9 Å². The molecule has 0 aromatic heterocycles. The molecular weight excluding hydrogens is 294 g/mol. The van der Waals surface area contributed by atoms with Crippen molar-refractivity contribution in [3.05, 3.63) is 66.2 Å². The SMILES string of the molecule is CCCc1ccc(-c2ccc3cc(OC(F)F)ccc3c2)cc1. The number of halogens is 2. The fourth-order valence-corrected chi connectivity index (χ4v) is 2.73. The average molecular weight is 312 g/mol. The van der Waals surface area contributed by atoms with Gasteiger partial charge in [-0.25, -0.2) is 0 Å². The van der Waals surface area contributed by atoms with Crippen molar-refractivity contribution >= 4 is 10.8 Å². The smallest absolute Gasteiger partial charge is 0.387 e. The predicted molar refractivity (Wildman–Crippen MR) is 90.0 cm³/mol. The quantitative estimate of drug-likeness (QED) is 0.556. The highest BCUT2D eigenvalue weighted by atomic mass is 19.3. The van der Waals surface area contributed by atoms with Crippen molar-refractivity contribution in [2.75, 3.05) is 0 Å². The van der Waals surface area contributed by atoms with E-state index in [1.807, 2.05) is 18.2 Å². The summed E-state index contributed by atoms with van der Waals surface area (Å²) in [4.78, 5) is 0. The van der Waals surface area contributed by atoms with Gasteiger partial charge in [0.05, 0.1) is 0 Å². The Morgan fingerprint density at radius 2 is 1.48 bits per heavy atom. The van der Waals surface area contributed by atoms with Gasteiger partial charge in [-0.1, -0.05) is 55.8 Å². The van der Waals surface area contributed by atoms with Gasteiger partial charge >= 0.3 is 6.61 Å². The molecule has 0 heterocycles. The van der Waals surface area contributed by atoms with Gasteiger partial charge in [-0.05, 0) is 52.1 Å². The van der Waals surface area contributed by atoms with E-state index in [4.69, 9.17) is 0 Å². The molecule has 0 saturated carbocycles. The molecule has 0 unspecified atom stereocenters. The van der Waals surface area contributed by atoms with E-state index in [9.17, 15) is 8.78 Å². The Morgan fingerprint density at radius 3 is 2.17 bits per heavy atom. The van der Waals surface area contributed by atoms with Crippen molar-refractivity contribution in [1.82, 2.24) is 0 Å². The molecule has 1 nitrogen and oxygen atoms in total. The van der Waals surface area contributed by atoms with E-state index in [0.29, 0.717) is 0 Å². The van der Waals surface area contributed by atoms with Crippen molar-refractivity contribution < 1.29 is 13.5 Å². The van der Waals surface area contributed by atoms with Gasteiger partial charge in [-0.15, -0.1) is 0 Å². The molecule has 0 N–H and O–H groups in total. The summed E-state index contributed by atoms with van der Waals surface area (Å²) in [5.74, 6) is 0.184. The second kappa shape index (κ2) is 6.78. The van der Waals surface area contributed by atoms with Gasteiger partial charge in [-0.2, -0.15) is 8.78 Å². The number of rotatable bonds is 5. The molecule has 0 spiro atoms. The van der Waals surface area contributed by atoms with E-state index in [-0.39, 0.29) is 5.75 Å². The minimum atomic E-state index is -2.80. The normalized spacial score (nSPS) is 11.1. The molecule has 0 amide bonds. The predicted octanol–water partition coefficient (Wildman–Crippen LogP) is 6.06. The number of hydrogen-bond donors (Lipinski definition) is 0. The van der Waals surface area contributed by atoms with Crippen LogP contribution in [0.3, 0.4) is 0 Å². The monoisotopic (exact) mass is 312 g/mol. The third-order valence-corrected chi connectivity index (χ3v) is 3.86. The highest BCUT2D eigenvalue weighted by molar-refractivity contribution is 5.88. The molecule has 3 aromatic rings.